The number of nitrogens with one attached hydrogen (secondary N) is 1. The van der Waals surface area contributed by atoms with Gasteiger partial charge in [0.05, 0.1) is 17.2 Å². The largest absolute Gasteiger partial charge is 0.350 e. The first-order chi connectivity index (χ1) is 6.75. The van der Waals surface area contributed by atoms with Gasteiger partial charge in [-0.25, -0.2) is 5.90 Å². The van der Waals surface area contributed by atoms with Crippen LogP contribution in [0.5, 0.6) is 0 Å². The normalized spacial score (nSPS) is 9.86. The van der Waals surface area contributed by atoms with Crippen molar-refractivity contribution in [3.63, 3.8) is 0 Å². The van der Waals surface area contributed by atoms with E-state index < -0.39 is 0 Å². The molecule has 1 rings (SSSR count). The Hall–Kier alpha value is -1.10. The molecule has 0 saturated carbocycles. The van der Waals surface area contributed by atoms with Crippen LogP contribution in [0.1, 0.15) is 10.4 Å². The van der Waals surface area contributed by atoms with E-state index in [9.17, 15) is 4.79 Å². The Morgan fingerprint density at radius 1 is 1.50 bits per heavy atom. The summed E-state index contributed by atoms with van der Waals surface area (Å²) in [5.41, 5.74) is 0.450. The number of halogens is 1. The third kappa shape index (κ3) is 2.99. The summed E-state index contributed by atoms with van der Waals surface area (Å²) in [5, 5.41) is 3.04. The summed E-state index contributed by atoms with van der Waals surface area (Å²) in [7, 11) is 0. The third-order valence-electron chi connectivity index (χ3n) is 1.62. The summed E-state index contributed by atoms with van der Waals surface area (Å²) in [6.07, 6.45) is 0. The van der Waals surface area contributed by atoms with Gasteiger partial charge in [-0.2, -0.15) is 0 Å². The Morgan fingerprint density at radius 2 is 2.21 bits per heavy atom. The van der Waals surface area contributed by atoms with Crippen LogP contribution in [-0.2, 0) is 4.84 Å². The van der Waals surface area contributed by atoms with Crippen LogP contribution >= 0.6 is 11.6 Å². The van der Waals surface area contributed by atoms with Gasteiger partial charge in [0.15, 0.2) is 0 Å². The molecule has 0 aromatic heterocycles. The number of hydrogen-bond donors (Lipinski definition) is 2. The minimum Gasteiger partial charge on any atom is -0.350 e. The van der Waals surface area contributed by atoms with Crippen LogP contribution in [0, 0.1) is 0 Å². The summed E-state index contributed by atoms with van der Waals surface area (Å²) in [4.78, 5) is 15.8. The first kappa shape index (κ1) is 11.0. The van der Waals surface area contributed by atoms with Gasteiger partial charge in [0.1, 0.15) is 0 Å². The number of carbonyl (C=O) groups is 1. The average molecular weight is 215 g/mol. The van der Waals surface area contributed by atoms with Crippen LogP contribution in [0.2, 0.25) is 5.02 Å². The van der Waals surface area contributed by atoms with Gasteiger partial charge in [-0.3, -0.25) is 4.79 Å². The van der Waals surface area contributed by atoms with Gasteiger partial charge in [-0.15, -0.1) is 0 Å². The number of carbonyl (C=O) groups excluding carboxylic acids is 1. The fraction of sp³-hybridized carbons (Fsp3) is 0.222. The van der Waals surface area contributed by atoms with E-state index in [0.717, 1.165) is 0 Å². The lowest BCUT2D eigenvalue weighted by molar-refractivity contribution is 0.0917. The molecule has 0 spiro atoms. The number of nitrogens with two attached hydrogens (primary N) is 1. The van der Waals surface area contributed by atoms with E-state index in [1.165, 1.54) is 0 Å². The lowest BCUT2D eigenvalue weighted by atomic mass is 10.2. The zero-order valence-corrected chi connectivity index (χ0v) is 8.25. The molecule has 0 fully saturated rings. The molecule has 1 aromatic carbocycles. The van der Waals surface area contributed by atoms with Crippen molar-refractivity contribution in [1.29, 1.82) is 0 Å². The van der Waals surface area contributed by atoms with E-state index in [0.29, 0.717) is 17.1 Å². The van der Waals surface area contributed by atoms with E-state index in [1.807, 2.05) is 0 Å². The Morgan fingerprint density at radius 3 is 2.86 bits per heavy atom. The van der Waals surface area contributed by atoms with E-state index >= 15 is 0 Å². The quantitative estimate of drug-likeness (QED) is 0.580. The highest BCUT2D eigenvalue weighted by atomic mass is 35.5. The van der Waals surface area contributed by atoms with Crippen molar-refractivity contribution in [3.8, 4) is 0 Å². The molecule has 1 amide bonds. The molecule has 76 valence electrons. The van der Waals surface area contributed by atoms with Gasteiger partial charge in [-0.05, 0) is 12.1 Å². The molecule has 0 aliphatic heterocycles. The fourth-order valence-electron chi connectivity index (χ4n) is 0.964. The van der Waals surface area contributed by atoms with Crippen molar-refractivity contribution in [2.75, 3.05) is 13.2 Å². The molecule has 0 aliphatic carbocycles. The molecule has 3 N–H and O–H groups in total. The van der Waals surface area contributed by atoms with Gasteiger partial charge in [0.2, 0.25) is 0 Å². The van der Waals surface area contributed by atoms with Gasteiger partial charge in [-0.1, -0.05) is 23.7 Å². The van der Waals surface area contributed by atoms with Crippen molar-refractivity contribution >= 4 is 17.5 Å². The Bertz CT molecular complexity index is 317. The smallest absolute Gasteiger partial charge is 0.252 e. The molecule has 0 saturated heterocycles. The fourth-order valence-corrected chi connectivity index (χ4v) is 1.19. The maximum Gasteiger partial charge on any atom is 0.252 e. The van der Waals surface area contributed by atoms with Crippen molar-refractivity contribution in [2.45, 2.75) is 0 Å². The molecular formula is C9H11ClN2O2. The van der Waals surface area contributed by atoms with Crippen molar-refractivity contribution in [1.82, 2.24) is 5.32 Å². The second-order valence-corrected chi connectivity index (χ2v) is 3.01. The Kier molecular flexibility index (Phi) is 4.39. The van der Waals surface area contributed by atoms with E-state index in [4.69, 9.17) is 17.5 Å². The summed E-state index contributed by atoms with van der Waals surface area (Å²) in [6.45, 7) is 0.636. The molecule has 0 aliphatic rings. The van der Waals surface area contributed by atoms with Crippen LogP contribution in [0.15, 0.2) is 24.3 Å². The molecule has 5 heteroatoms. The molecule has 0 bridgehead atoms. The Balaban J connectivity index is 2.56. The van der Waals surface area contributed by atoms with Gasteiger partial charge in [0, 0.05) is 6.54 Å². The van der Waals surface area contributed by atoms with Gasteiger partial charge < -0.3 is 10.2 Å². The highest BCUT2D eigenvalue weighted by Crippen LogP contribution is 2.14. The second kappa shape index (κ2) is 5.59. The predicted molar refractivity (Wildman–Crippen MR) is 53.9 cm³/mol. The number of rotatable bonds is 4. The zero-order valence-electron chi connectivity index (χ0n) is 7.50. The van der Waals surface area contributed by atoms with Crippen molar-refractivity contribution < 1.29 is 9.63 Å². The van der Waals surface area contributed by atoms with Crippen molar-refractivity contribution in [3.05, 3.63) is 34.9 Å². The highest BCUT2D eigenvalue weighted by Gasteiger charge is 2.07. The minimum absolute atomic E-state index is 0.229. The predicted octanol–water partition coefficient (Wildman–Crippen LogP) is 0.960. The van der Waals surface area contributed by atoms with Gasteiger partial charge >= 0.3 is 0 Å². The van der Waals surface area contributed by atoms with E-state index in [2.05, 4.69) is 10.2 Å². The standard InChI is InChI=1S/C9H11ClN2O2/c10-8-4-2-1-3-7(8)9(13)12-5-6-14-11/h1-4H,5-6,11H2,(H,12,13). The van der Waals surface area contributed by atoms with E-state index in [1.54, 1.807) is 24.3 Å². The monoisotopic (exact) mass is 214 g/mol. The summed E-state index contributed by atoms with van der Waals surface area (Å²) >= 11 is 5.82. The minimum atomic E-state index is -0.229. The molecule has 0 radical (unpaired) electrons. The van der Waals surface area contributed by atoms with Crippen LogP contribution in [-0.4, -0.2) is 19.1 Å². The van der Waals surface area contributed by atoms with Crippen LogP contribution < -0.4 is 11.2 Å². The average Bonchev–Trinajstić information content (AvgIpc) is 2.18. The zero-order chi connectivity index (χ0) is 10.4. The highest BCUT2D eigenvalue weighted by molar-refractivity contribution is 6.33. The SMILES string of the molecule is NOCCNC(=O)c1ccccc1Cl. The number of benzene rings is 1. The molecular weight excluding hydrogens is 204 g/mol. The first-order valence-electron chi connectivity index (χ1n) is 4.10. The lowest BCUT2D eigenvalue weighted by Gasteiger charge is -2.05. The van der Waals surface area contributed by atoms with Gasteiger partial charge in [0.25, 0.3) is 5.91 Å². The molecule has 14 heavy (non-hydrogen) atoms. The number of hydrogen-bond acceptors (Lipinski definition) is 3. The summed E-state index contributed by atoms with van der Waals surface area (Å²) < 4.78 is 0. The van der Waals surface area contributed by atoms with Crippen LogP contribution in [0.3, 0.4) is 0 Å². The lowest BCUT2D eigenvalue weighted by Crippen LogP contribution is -2.28. The molecule has 0 unspecified atom stereocenters. The summed E-state index contributed by atoms with van der Waals surface area (Å²) in [5.74, 6) is 4.58. The van der Waals surface area contributed by atoms with Crippen LogP contribution in [0.4, 0.5) is 0 Å². The first-order valence-corrected chi connectivity index (χ1v) is 4.48. The van der Waals surface area contributed by atoms with E-state index in [-0.39, 0.29) is 12.5 Å². The number of amides is 1. The topological polar surface area (TPSA) is 64.3 Å². The maximum absolute atomic E-state index is 11.4. The maximum atomic E-state index is 11.4. The summed E-state index contributed by atoms with van der Waals surface area (Å²) in [6, 6.07) is 6.83. The molecule has 4 nitrogen and oxygen atoms in total. The molecule has 0 heterocycles. The third-order valence-corrected chi connectivity index (χ3v) is 1.95. The van der Waals surface area contributed by atoms with Crippen LogP contribution in [0.25, 0.3) is 0 Å². The second-order valence-electron chi connectivity index (χ2n) is 2.61. The van der Waals surface area contributed by atoms with Crippen molar-refractivity contribution in [2.24, 2.45) is 5.90 Å². The molecule has 1 aromatic rings. The molecule has 0 atom stereocenters. The Labute approximate surface area is 86.9 Å².